The second kappa shape index (κ2) is 6.29. The van der Waals surface area contributed by atoms with Crippen molar-refractivity contribution < 1.29 is 27.5 Å². The Labute approximate surface area is 146 Å². The number of ether oxygens (including phenoxy) is 1. The number of hydrazine groups is 1. The fourth-order valence-electron chi connectivity index (χ4n) is 2.91. The molecule has 9 heteroatoms. The van der Waals surface area contributed by atoms with Gasteiger partial charge in [-0.3, -0.25) is 15.0 Å². The highest BCUT2D eigenvalue weighted by Crippen LogP contribution is 2.44. The summed E-state index contributed by atoms with van der Waals surface area (Å²) >= 11 is 1.11. The van der Waals surface area contributed by atoms with E-state index in [1.165, 1.54) is 24.1 Å². The summed E-state index contributed by atoms with van der Waals surface area (Å²) in [5.41, 5.74) is 4.29. The van der Waals surface area contributed by atoms with Crippen molar-refractivity contribution in [1.29, 1.82) is 0 Å². The summed E-state index contributed by atoms with van der Waals surface area (Å²) in [6.07, 6.45) is -3.68. The highest BCUT2D eigenvalue weighted by Gasteiger charge is 2.36. The lowest BCUT2D eigenvalue weighted by atomic mass is 9.95. The molecule has 2 aliphatic rings. The van der Waals surface area contributed by atoms with Gasteiger partial charge in [0.05, 0.1) is 10.9 Å². The van der Waals surface area contributed by atoms with Crippen molar-refractivity contribution in [2.24, 2.45) is 0 Å². The summed E-state index contributed by atoms with van der Waals surface area (Å²) in [4.78, 5) is 24.9. The number of thioether (sulfide) groups is 1. The first-order valence-electron chi connectivity index (χ1n) is 7.53. The Morgan fingerprint density at radius 1 is 1.40 bits per heavy atom. The molecule has 1 atom stereocenters. The number of nitrogens with one attached hydrogen (secondary N) is 1. The first-order chi connectivity index (χ1) is 11.6. The molecular weight excluding hydrogens is 357 g/mol. The van der Waals surface area contributed by atoms with Gasteiger partial charge in [-0.05, 0) is 43.0 Å². The molecule has 0 aliphatic carbocycles. The first-order valence-corrected chi connectivity index (χ1v) is 8.35. The molecule has 1 unspecified atom stereocenters. The molecule has 0 radical (unpaired) electrons. The predicted octanol–water partition coefficient (Wildman–Crippen LogP) is 3.16. The molecule has 0 bridgehead atoms. The summed E-state index contributed by atoms with van der Waals surface area (Å²) in [7, 11) is 0. The monoisotopic (exact) mass is 372 g/mol. The van der Waals surface area contributed by atoms with E-state index in [4.69, 9.17) is 0 Å². The number of amides is 2. The van der Waals surface area contributed by atoms with Crippen molar-refractivity contribution in [2.75, 3.05) is 0 Å². The van der Waals surface area contributed by atoms with E-state index >= 15 is 0 Å². The van der Waals surface area contributed by atoms with Crippen LogP contribution in [0.1, 0.15) is 25.8 Å². The van der Waals surface area contributed by atoms with Crippen LogP contribution in [0, 0.1) is 0 Å². The zero-order valence-corrected chi connectivity index (χ0v) is 14.3. The molecular formula is C16H15F3N2O3S. The van der Waals surface area contributed by atoms with Crippen molar-refractivity contribution in [3.63, 3.8) is 0 Å². The minimum atomic E-state index is -4.77. The van der Waals surface area contributed by atoms with Gasteiger partial charge in [0.15, 0.2) is 0 Å². The van der Waals surface area contributed by atoms with Gasteiger partial charge in [0, 0.05) is 11.8 Å². The molecule has 1 aromatic rings. The number of carbonyl (C=O) groups excluding carboxylic acids is 2. The Morgan fingerprint density at radius 2 is 2.12 bits per heavy atom. The number of hydrogen-bond donors (Lipinski definition) is 1. The van der Waals surface area contributed by atoms with Crippen molar-refractivity contribution in [3.05, 3.63) is 34.2 Å². The molecule has 2 heterocycles. The van der Waals surface area contributed by atoms with Crippen LogP contribution in [0.15, 0.2) is 33.6 Å². The lowest BCUT2D eigenvalue weighted by Gasteiger charge is -2.37. The van der Waals surface area contributed by atoms with E-state index in [9.17, 15) is 22.8 Å². The molecule has 0 fully saturated rings. The molecule has 134 valence electrons. The van der Waals surface area contributed by atoms with Crippen LogP contribution in [0.5, 0.6) is 5.75 Å². The average Bonchev–Trinajstić information content (AvgIpc) is 2.48. The summed E-state index contributed by atoms with van der Waals surface area (Å²) in [5.74, 6) is -1.02. The Hall–Kier alpha value is -2.16. The number of benzene rings is 1. The number of alkyl halides is 3. The molecule has 0 spiro atoms. The van der Waals surface area contributed by atoms with Crippen molar-refractivity contribution in [1.82, 2.24) is 10.4 Å². The summed E-state index contributed by atoms with van der Waals surface area (Å²) in [5, 5.41) is 1.27. The van der Waals surface area contributed by atoms with E-state index < -0.39 is 6.36 Å². The van der Waals surface area contributed by atoms with Gasteiger partial charge < -0.3 is 4.74 Å². The molecule has 0 saturated heterocycles. The molecule has 1 aromatic carbocycles. The van der Waals surface area contributed by atoms with Gasteiger partial charge in [-0.25, -0.2) is 5.01 Å². The minimum absolute atomic E-state index is 0.190. The number of halogens is 3. The van der Waals surface area contributed by atoms with Crippen LogP contribution in [0.2, 0.25) is 0 Å². The predicted molar refractivity (Wildman–Crippen MR) is 84.5 cm³/mol. The van der Waals surface area contributed by atoms with E-state index in [2.05, 4.69) is 10.2 Å². The second-order valence-electron chi connectivity index (χ2n) is 5.93. The molecule has 5 nitrogen and oxygen atoms in total. The minimum Gasteiger partial charge on any atom is -0.406 e. The zero-order valence-electron chi connectivity index (χ0n) is 13.4. The maximum absolute atomic E-state index is 12.7. The van der Waals surface area contributed by atoms with Crippen LogP contribution in [0.3, 0.4) is 0 Å². The number of hydrogen-bond acceptors (Lipinski definition) is 4. The van der Waals surface area contributed by atoms with Gasteiger partial charge in [-0.2, -0.15) is 0 Å². The average molecular weight is 372 g/mol. The molecule has 2 amide bonds. The molecule has 1 N–H and O–H groups in total. The van der Waals surface area contributed by atoms with Crippen LogP contribution in [0.25, 0.3) is 0 Å². The maximum atomic E-state index is 12.7. The Bertz CT molecular complexity index is 776. The summed E-state index contributed by atoms with van der Waals surface area (Å²) in [6, 6.07) is 3.95. The lowest BCUT2D eigenvalue weighted by Crippen LogP contribution is -2.53. The van der Waals surface area contributed by atoms with E-state index in [-0.39, 0.29) is 23.6 Å². The largest absolute Gasteiger partial charge is 0.573 e. The Morgan fingerprint density at radius 3 is 2.76 bits per heavy atom. The number of carbonyl (C=O) groups is 2. The van der Waals surface area contributed by atoms with Crippen molar-refractivity contribution >= 4 is 23.6 Å². The van der Waals surface area contributed by atoms with Gasteiger partial charge >= 0.3 is 6.36 Å². The smallest absolute Gasteiger partial charge is 0.406 e. The van der Waals surface area contributed by atoms with Gasteiger partial charge in [-0.15, -0.1) is 13.2 Å². The van der Waals surface area contributed by atoms with Crippen LogP contribution in [0.4, 0.5) is 13.2 Å². The van der Waals surface area contributed by atoms with E-state index in [1.807, 2.05) is 6.92 Å². The maximum Gasteiger partial charge on any atom is 0.573 e. The summed E-state index contributed by atoms with van der Waals surface area (Å²) < 4.78 is 41.1. The molecule has 0 aromatic heterocycles. The standard InChI is InChI=1S/C16H15F3N2O3S/c1-8-5-11-6-10-3-4-12(24-16(17,18)19)7-13(10)25-14(11)15(23)21(8)20-9(2)22/h3-4,7-8H,5-6H2,1-2H3,(H,20,22). The normalized spacial score (nSPS) is 20.1. The highest BCUT2D eigenvalue weighted by atomic mass is 32.2. The van der Waals surface area contributed by atoms with Crippen molar-refractivity contribution in [2.45, 2.75) is 44.0 Å². The third kappa shape index (κ3) is 3.76. The van der Waals surface area contributed by atoms with Gasteiger partial charge in [0.25, 0.3) is 5.91 Å². The van der Waals surface area contributed by atoms with Gasteiger partial charge in [0.2, 0.25) is 5.91 Å². The number of fused-ring (bicyclic) bond motifs is 1. The summed E-state index contributed by atoms with van der Waals surface area (Å²) in [6.45, 7) is 3.14. The fourth-order valence-corrected chi connectivity index (χ4v) is 4.06. The fraction of sp³-hybridized carbons (Fsp3) is 0.375. The van der Waals surface area contributed by atoms with Crippen LogP contribution < -0.4 is 10.2 Å². The first kappa shape index (κ1) is 17.7. The molecule has 0 saturated carbocycles. The third-order valence-electron chi connectivity index (χ3n) is 3.88. The van der Waals surface area contributed by atoms with E-state index in [1.54, 1.807) is 6.07 Å². The number of nitrogens with zero attached hydrogens (tertiary/aromatic N) is 1. The van der Waals surface area contributed by atoms with Crippen LogP contribution in [-0.2, 0) is 16.0 Å². The topological polar surface area (TPSA) is 58.6 Å². The van der Waals surface area contributed by atoms with E-state index in [0.29, 0.717) is 22.6 Å². The zero-order chi connectivity index (χ0) is 18.4. The number of rotatable bonds is 2. The molecule has 2 aliphatic heterocycles. The Balaban J connectivity index is 1.87. The van der Waals surface area contributed by atoms with Gasteiger partial charge in [-0.1, -0.05) is 17.8 Å². The van der Waals surface area contributed by atoms with Crippen LogP contribution >= 0.6 is 11.8 Å². The second-order valence-corrected chi connectivity index (χ2v) is 6.98. The quantitative estimate of drug-likeness (QED) is 0.867. The van der Waals surface area contributed by atoms with Crippen LogP contribution in [-0.4, -0.2) is 29.2 Å². The van der Waals surface area contributed by atoms with E-state index in [0.717, 1.165) is 22.9 Å². The lowest BCUT2D eigenvalue weighted by molar-refractivity contribution is -0.274. The third-order valence-corrected chi connectivity index (χ3v) is 5.15. The Kier molecular flexibility index (Phi) is 4.44. The highest BCUT2D eigenvalue weighted by molar-refractivity contribution is 8.04. The SMILES string of the molecule is CC(=O)NN1C(=O)C2=C(Cc3ccc(OC(F)(F)F)cc3S2)CC1C. The van der Waals surface area contributed by atoms with Crippen molar-refractivity contribution in [3.8, 4) is 5.75 Å². The molecule has 25 heavy (non-hydrogen) atoms. The molecule has 3 rings (SSSR count). The van der Waals surface area contributed by atoms with Gasteiger partial charge in [0.1, 0.15) is 5.75 Å².